The molecular weight excluding hydrogens is 264 g/mol. The van der Waals surface area contributed by atoms with Gasteiger partial charge in [0.2, 0.25) is 0 Å². The highest BCUT2D eigenvalue weighted by atomic mass is 16.5. The van der Waals surface area contributed by atoms with Crippen LogP contribution in [0.15, 0.2) is 24.3 Å². The summed E-state index contributed by atoms with van der Waals surface area (Å²) in [5.74, 6) is 0.510. The third-order valence-corrected chi connectivity index (χ3v) is 4.25. The number of hydrogen-bond acceptors (Lipinski definition) is 2. The summed E-state index contributed by atoms with van der Waals surface area (Å²) in [5, 5.41) is 3.07. The fraction of sp³-hybridized carbons (Fsp3) is 0.588. The molecule has 3 rings (SSSR count). The van der Waals surface area contributed by atoms with Crippen LogP contribution >= 0.6 is 0 Å². The van der Waals surface area contributed by atoms with Crippen molar-refractivity contribution in [1.29, 1.82) is 0 Å². The summed E-state index contributed by atoms with van der Waals surface area (Å²) in [6.07, 6.45) is 3.37. The van der Waals surface area contributed by atoms with E-state index in [1.807, 2.05) is 11.0 Å². The highest BCUT2D eigenvalue weighted by molar-refractivity contribution is 5.75. The summed E-state index contributed by atoms with van der Waals surface area (Å²) in [7, 11) is 0. The molecule has 1 aliphatic heterocycles. The van der Waals surface area contributed by atoms with Crippen LogP contribution in [0.1, 0.15) is 30.4 Å². The van der Waals surface area contributed by atoms with Gasteiger partial charge >= 0.3 is 6.03 Å². The minimum atomic E-state index is 0.0749. The number of aryl methyl sites for hydroxylation is 1. The molecule has 1 N–H and O–H groups in total. The highest BCUT2D eigenvalue weighted by Crippen LogP contribution is 2.29. The molecule has 4 nitrogen and oxygen atoms in total. The zero-order valence-corrected chi connectivity index (χ0v) is 12.7. The third kappa shape index (κ3) is 3.97. The number of benzene rings is 1. The van der Waals surface area contributed by atoms with Gasteiger partial charge in [-0.1, -0.05) is 29.8 Å². The molecular formula is C17H24N2O2. The second-order valence-electron chi connectivity index (χ2n) is 6.26. The van der Waals surface area contributed by atoms with Gasteiger partial charge in [0.25, 0.3) is 0 Å². The Labute approximate surface area is 126 Å². The predicted molar refractivity (Wildman–Crippen MR) is 82.1 cm³/mol. The number of urea groups is 1. The van der Waals surface area contributed by atoms with Crippen LogP contribution in [0.2, 0.25) is 0 Å². The number of hydrogen-bond donors (Lipinski definition) is 1. The predicted octanol–water partition coefficient (Wildman–Crippen LogP) is 2.71. The summed E-state index contributed by atoms with van der Waals surface area (Å²) in [6.45, 7) is 5.15. The van der Waals surface area contributed by atoms with Gasteiger partial charge in [-0.15, -0.1) is 0 Å². The summed E-state index contributed by atoms with van der Waals surface area (Å²) < 4.78 is 5.42. The maximum Gasteiger partial charge on any atom is 0.317 e. The van der Waals surface area contributed by atoms with Crippen LogP contribution in [0.4, 0.5) is 4.79 Å². The van der Waals surface area contributed by atoms with Crippen molar-refractivity contribution in [3.63, 3.8) is 0 Å². The SMILES string of the molecule is Cc1cccc(CNC(=O)N(CC2CCOC2)C2CC2)c1. The Balaban J connectivity index is 1.54. The van der Waals surface area contributed by atoms with E-state index in [1.54, 1.807) is 0 Å². The van der Waals surface area contributed by atoms with Gasteiger partial charge < -0.3 is 15.0 Å². The van der Waals surface area contributed by atoms with Crippen molar-refractivity contribution < 1.29 is 9.53 Å². The normalized spacial score (nSPS) is 21.3. The molecule has 1 atom stereocenters. The molecule has 1 aliphatic carbocycles. The van der Waals surface area contributed by atoms with Gasteiger partial charge in [-0.2, -0.15) is 0 Å². The first kappa shape index (κ1) is 14.4. The molecule has 21 heavy (non-hydrogen) atoms. The van der Waals surface area contributed by atoms with Gasteiger partial charge in [-0.25, -0.2) is 4.79 Å². The van der Waals surface area contributed by atoms with Crippen LogP contribution in [-0.4, -0.2) is 36.7 Å². The van der Waals surface area contributed by atoms with Gasteiger partial charge in [0.05, 0.1) is 6.61 Å². The largest absolute Gasteiger partial charge is 0.381 e. The zero-order chi connectivity index (χ0) is 14.7. The van der Waals surface area contributed by atoms with Crippen LogP contribution in [0.25, 0.3) is 0 Å². The quantitative estimate of drug-likeness (QED) is 0.905. The van der Waals surface area contributed by atoms with Crippen LogP contribution in [0.5, 0.6) is 0 Å². The van der Waals surface area contributed by atoms with Gasteiger partial charge in [0.15, 0.2) is 0 Å². The summed E-state index contributed by atoms with van der Waals surface area (Å²) in [5.41, 5.74) is 2.38. The van der Waals surface area contributed by atoms with E-state index in [2.05, 4.69) is 30.4 Å². The second-order valence-corrected chi connectivity index (χ2v) is 6.26. The van der Waals surface area contributed by atoms with Crippen molar-refractivity contribution in [1.82, 2.24) is 10.2 Å². The van der Waals surface area contributed by atoms with Gasteiger partial charge in [0, 0.05) is 31.7 Å². The molecule has 1 heterocycles. The Hall–Kier alpha value is -1.55. The maximum atomic E-state index is 12.4. The van der Waals surface area contributed by atoms with E-state index < -0.39 is 0 Å². The number of carbonyl (C=O) groups is 1. The van der Waals surface area contributed by atoms with Crippen molar-refractivity contribution in [2.45, 2.75) is 38.8 Å². The molecule has 114 valence electrons. The highest BCUT2D eigenvalue weighted by Gasteiger charge is 2.34. The minimum Gasteiger partial charge on any atom is -0.381 e. The second kappa shape index (κ2) is 6.48. The number of ether oxygens (including phenoxy) is 1. The van der Waals surface area contributed by atoms with Crippen LogP contribution < -0.4 is 5.32 Å². The number of carbonyl (C=O) groups excluding carboxylic acids is 1. The number of amides is 2. The van der Waals surface area contributed by atoms with E-state index in [0.29, 0.717) is 18.5 Å². The lowest BCUT2D eigenvalue weighted by molar-refractivity contribution is 0.162. The first-order chi connectivity index (χ1) is 10.2. The standard InChI is InChI=1S/C17H24N2O2/c1-13-3-2-4-14(9-13)10-18-17(20)19(16-5-6-16)11-15-7-8-21-12-15/h2-4,9,15-16H,5-8,10-12H2,1H3,(H,18,20). The lowest BCUT2D eigenvalue weighted by Crippen LogP contribution is -2.43. The molecule has 4 heteroatoms. The Bertz CT molecular complexity index is 493. The topological polar surface area (TPSA) is 41.6 Å². The van der Waals surface area contributed by atoms with Crippen molar-refractivity contribution in [2.75, 3.05) is 19.8 Å². The molecule has 2 fully saturated rings. The van der Waals surface area contributed by atoms with Crippen molar-refractivity contribution in [2.24, 2.45) is 5.92 Å². The average Bonchev–Trinajstić information content (AvgIpc) is 3.19. The smallest absolute Gasteiger partial charge is 0.317 e. The van der Waals surface area contributed by atoms with Gasteiger partial charge in [-0.3, -0.25) is 0 Å². The lowest BCUT2D eigenvalue weighted by atomic mass is 10.1. The summed E-state index contributed by atoms with van der Waals surface area (Å²) >= 11 is 0. The Morgan fingerprint density at radius 3 is 2.90 bits per heavy atom. The molecule has 2 aliphatic rings. The van der Waals surface area contributed by atoms with Crippen molar-refractivity contribution in [3.05, 3.63) is 35.4 Å². The fourth-order valence-corrected chi connectivity index (χ4v) is 2.89. The number of nitrogens with zero attached hydrogens (tertiary/aromatic N) is 1. The van der Waals surface area contributed by atoms with Crippen LogP contribution in [0.3, 0.4) is 0 Å². The zero-order valence-electron chi connectivity index (χ0n) is 12.7. The molecule has 0 radical (unpaired) electrons. The molecule has 1 saturated carbocycles. The fourth-order valence-electron chi connectivity index (χ4n) is 2.89. The maximum absolute atomic E-state index is 12.4. The molecule has 1 aromatic rings. The molecule has 1 saturated heterocycles. The van der Waals surface area contributed by atoms with Crippen molar-refractivity contribution in [3.8, 4) is 0 Å². The molecule has 0 aromatic heterocycles. The molecule has 2 amide bonds. The van der Waals surface area contributed by atoms with E-state index in [-0.39, 0.29) is 6.03 Å². The van der Waals surface area contributed by atoms with Gasteiger partial charge in [0.1, 0.15) is 0 Å². The summed E-state index contributed by atoms with van der Waals surface area (Å²) in [4.78, 5) is 14.5. The molecule has 0 spiro atoms. The first-order valence-electron chi connectivity index (χ1n) is 7.90. The average molecular weight is 288 g/mol. The Morgan fingerprint density at radius 1 is 1.38 bits per heavy atom. The Kier molecular flexibility index (Phi) is 4.44. The van der Waals surface area contributed by atoms with E-state index in [1.165, 1.54) is 5.56 Å². The lowest BCUT2D eigenvalue weighted by Gasteiger charge is -2.25. The summed E-state index contributed by atoms with van der Waals surface area (Å²) in [6, 6.07) is 8.80. The number of nitrogens with one attached hydrogen (secondary N) is 1. The molecule has 0 bridgehead atoms. The molecule has 1 unspecified atom stereocenters. The minimum absolute atomic E-state index is 0.0749. The van der Waals surface area contributed by atoms with Crippen molar-refractivity contribution >= 4 is 6.03 Å². The Morgan fingerprint density at radius 2 is 2.24 bits per heavy atom. The van der Waals surface area contributed by atoms with Gasteiger partial charge in [-0.05, 0) is 31.7 Å². The van der Waals surface area contributed by atoms with E-state index >= 15 is 0 Å². The van der Waals surface area contributed by atoms with Crippen LogP contribution in [0, 0.1) is 12.8 Å². The van der Waals surface area contributed by atoms with E-state index in [9.17, 15) is 4.79 Å². The molecule has 1 aromatic carbocycles. The monoisotopic (exact) mass is 288 g/mol. The number of rotatable bonds is 5. The van der Waals surface area contributed by atoms with E-state index in [0.717, 1.165) is 44.6 Å². The first-order valence-corrected chi connectivity index (χ1v) is 7.90. The van der Waals surface area contributed by atoms with Crippen LogP contribution in [-0.2, 0) is 11.3 Å². The van der Waals surface area contributed by atoms with E-state index in [4.69, 9.17) is 4.74 Å². The third-order valence-electron chi connectivity index (χ3n) is 4.25.